The van der Waals surface area contributed by atoms with Gasteiger partial charge in [-0.3, -0.25) is 9.80 Å². The fourth-order valence-electron chi connectivity index (χ4n) is 6.40. The SMILES string of the molecule is O[C@@H]1CC2C(CCCN2Cc2ccc(F)cc2)C[C@H]1N1CCC(c2ccccc2)CC1. The van der Waals surface area contributed by atoms with E-state index in [2.05, 4.69) is 40.1 Å². The molecule has 31 heavy (non-hydrogen) atoms. The van der Waals surface area contributed by atoms with Gasteiger partial charge in [0.25, 0.3) is 0 Å². The van der Waals surface area contributed by atoms with Crippen LogP contribution in [0.4, 0.5) is 4.39 Å². The van der Waals surface area contributed by atoms with Crippen molar-refractivity contribution in [2.75, 3.05) is 19.6 Å². The zero-order valence-corrected chi connectivity index (χ0v) is 18.4. The number of rotatable bonds is 4. The second-order valence-corrected chi connectivity index (χ2v) is 9.89. The van der Waals surface area contributed by atoms with Crippen LogP contribution in [0.15, 0.2) is 54.6 Å². The predicted molar refractivity (Wildman–Crippen MR) is 122 cm³/mol. The molecule has 4 atom stereocenters. The summed E-state index contributed by atoms with van der Waals surface area (Å²) < 4.78 is 13.3. The van der Waals surface area contributed by atoms with Gasteiger partial charge < -0.3 is 5.11 Å². The van der Waals surface area contributed by atoms with E-state index < -0.39 is 0 Å². The summed E-state index contributed by atoms with van der Waals surface area (Å²) in [7, 11) is 0. The maximum Gasteiger partial charge on any atom is 0.123 e. The van der Waals surface area contributed by atoms with Crippen LogP contribution >= 0.6 is 0 Å². The van der Waals surface area contributed by atoms with Crippen LogP contribution in [0.5, 0.6) is 0 Å². The fourth-order valence-corrected chi connectivity index (χ4v) is 6.40. The first kappa shape index (κ1) is 21.1. The number of fused-ring (bicyclic) bond motifs is 1. The molecule has 0 bridgehead atoms. The molecular weight excluding hydrogens is 387 g/mol. The van der Waals surface area contributed by atoms with Gasteiger partial charge in [-0.15, -0.1) is 0 Å². The molecule has 3 fully saturated rings. The lowest BCUT2D eigenvalue weighted by Crippen LogP contribution is -2.58. The molecule has 4 heteroatoms. The van der Waals surface area contributed by atoms with Crippen molar-refractivity contribution < 1.29 is 9.50 Å². The van der Waals surface area contributed by atoms with Gasteiger partial charge in [0.05, 0.1) is 6.10 Å². The smallest absolute Gasteiger partial charge is 0.123 e. The molecular formula is C27H35FN2O. The van der Waals surface area contributed by atoms with E-state index in [4.69, 9.17) is 0 Å². The van der Waals surface area contributed by atoms with Crippen molar-refractivity contribution in [2.24, 2.45) is 5.92 Å². The summed E-state index contributed by atoms with van der Waals surface area (Å²) in [6, 6.07) is 18.6. The summed E-state index contributed by atoms with van der Waals surface area (Å²) in [5, 5.41) is 11.1. The summed E-state index contributed by atoms with van der Waals surface area (Å²) in [6.45, 7) is 4.13. The Morgan fingerprint density at radius 2 is 1.58 bits per heavy atom. The van der Waals surface area contributed by atoms with Crippen LogP contribution in [0.1, 0.15) is 55.6 Å². The second-order valence-electron chi connectivity index (χ2n) is 9.89. The van der Waals surface area contributed by atoms with Gasteiger partial charge in [-0.25, -0.2) is 4.39 Å². The average molecular weight is 423 g/mol. The Balaban J connectivity index is 1.20. The zero-order chi connectivity index (χ0) is 21.2. The highest BCUT2D eigenvalue weighted by atomic mass is 19.1. The Morgan fingerprint density at radius 3 is 2.32 bits per heavy atom. The molecule has 2 heterocycles. The highest BCUT2D eigenvalue weighted by Gasteiger charge is 2.43. The number of piperidine rings is 2. The molecule has 0 radical (unpaired) electrons. The molecule has 0 spiro atoms. The first-order chi connectivity index (χ1) is 15.2. The first-order valence-electron chi connectivity index (χ1n) is 12.1. The Bertz CT molecular complexity index is 834. The number of benzene rings is 2. The summed E-state index contributed by atoms with van der Waals surface area (Å²) in [5.41, 5.74) is 2.64. The van der Waals surface area contributed by atoms with E-state index in [0.717, 1.165) is 39.0 Å². The lowest BCUT2D eigenvalue weighted by molar-refractivity contribution is -0.0605. The maximum absolute atomic E-state index is 13.3. The summed E-state index contributed by atoms with van der Waals surface area (Å²) in [6.07, 6.45) is 6.62. The molecule has 3 aliphatic rings. The van der Waals surface area contributed by atoms with E-state index in [1.165, 1.54) is 36.8 Å². The van der Waals surface area contributed by atoms with Gasteiger partial charge in [0.1, 0.15) is 5.82 Å². The minimum absolute atomic E-state index is 0.174. The van der Waals surface area contributed by atoms with Gasteiger partial charge in [0, 0.05) is 18.6 Å². The molecule has 3 nitrogen and oxygen atoms in total. The monoisotopic (exact) mass is 422 g/mol. The van der Waals surface area contributed by atoms with Crippen LogP contribution in [0.2, 0.25) is 0 Å². The average Bonchev–Trinajstić information content (AvgIpc) is 2.81. The third-order valence-electron chi connectivity index (χ3n) is 8.07. The highest BCUT2D eigenvalue weighted by Crippen LogP contribution is 2.39. The van der Waals surface area contributed by atoms with Gasteiger partial charge in [0.15, 0.2) is 0 Å². The van der Waals surface area contributed by atoms with E-state index in [9.17, 15) is 9.50 Å². The molecule has 1 N–H and O–H groups in total. The van der Waals surface area contributed by atoms with Crippen molar-refractivity contribution in [1.82, 2.24) is 9.80 Å². The highest BCUT2D eigenvalue weighted by molar-refractivity contribution is 5.20. The Morgan fingerprint density at radius 1 is 0.839 bits per heavy atom. The van der Waals surface area contributed by atoms with Gasteiger partial charge in [-0.1, -0.05) is 42.5 Å². The van der Waals surface area contributed by atoms with Gasteiger partial charge >= 0.3 is 0 Å². The van der Waals surface area contributed by atoms with Crippen molar-refractivity contribution in [2.45, 2.75) is 69.2 Å². The van der Waals surface area contributed by atoms with Crippen molar-refractivity contribution in [1.29, 1.82) is 0 Å². The number of likely N-dealkylation sites (tertiary alicyclic amines) is 2. The molecule has 0 amide bonds. The van der Waals surface area contributed by atoms with Crippen molar-refractivity contribution >= 4 is 0 Å². The van der Waals surface area contributed by atoms with Gasteiger partial charge in [0.2, 0.25) is 0 Å². The molecule has 5 rings (SSSR count). The maximum atomic E-state index is 13.3. The Labute approximate surface area is 185 Å². The quantitative estimate of drug-likeness (QED) is 0.766. The van der Waals surface area contributed by atoms with E-state index in [0.29, 0.717) is 23.9 Å². The largest absolute Gasteiger partial charge is 0.391 e. The third kappa shape index (κ3) is 4.72. The van der Waals surface area contributed by atoms with Crippen LogP contribution in [0, 0.1) is 11.7 Å². The van der Waals surface area contributed by atoms with E-state index >= 15 is 0 Å². The van der Waals surface area contributed by atoms with Gasteiger partial charge in [-0.05, 0) is 93.3 Å². The zero-order valence-electron chi connectivity index (χ0n) is 18.4. The number of hydrogen-bond donors (Lipinski definition) is 1. The predicted octanol–water partition coefficient (Wildman–Crippen LogP) is 4.81. The number of nitrogens with zero attached hydrogens (tertiary/aromatic N) is 2. The van der Waals surface area contributed by atoms with Crippen LogP contribution < -0.4 is 0 Å². The van der Waals surface area contributed by atoms with E-state index in [1.807, 2.05) is 12.1 Å². The van der Waals surface area contributed by atoms with Gasteiger partial charge in [-0.2, -0.15) is 0 Å². The number of aliphatic hydroxyl groups excluding tert-OH is 1. The lowest BCUT2D eigenvalue weighted by Gasteiger charge is -2.51. The molecule has 2 aromatic carbocycles. The topological polar surface area (TPSA) is 26.7 Å². The summed E-state index contributed by atoms with van der Waals surface area (Å²) in [5.74, 6) is 1.15. The number of aliphatic hydroxyl groups is 1. The summed E-state index contributed by atoms with van der Waals surface area (Å²) >= 11 is 0. The molecule has 0 aromatic heterocycles. The first-order valence-corrected chi connectivity index (χ1v) is 12.1. The normalized spacial score (nSPS) is 30.8. The number of hydrogen-bond acceptors (Lipinski definition) is 3. The lowest BCUT2D eigenvalue weighted by atomic mass is 9.73. The molecule has 2 saturated heterocycles. The van der Waals surface area contributed by atoms with Crippen molar-refractivity contribution in [3.8, 4) is 0 Å². The minimum atomic E-state index is -0.247. The molecule has 2 aromatic rings. The number of halogens is 1. The fraction of sp³-hybridized carbons (Fsp3) is 0.556. The standard InChI is InChI=1S/C27H35FN2O/c28-24-10-8-20(9-11-24)19-30-14-4-7-23-17-26(27(31)18-25(23)30)29-15-12-22(13-16-29)21-5-2-1-3-6-21/h1-3,5-6,8-11,22-23,25-27,31H,4,7,12-19H2/t23?,25?,26-,27-/m1/s1. The molecule has 1 aliphatic carbocycles. The molecule has 166 valence electrons. The van der Waals surface area contributed by atoms with Crippen LogP contribution in [-0.4, -0.2) is 52.7 Å². The van der Waals surface area contributed by atoms with Crippen LogP contribution in [0.25, 0.3) is 0 Å². The van der Waals surface area contributed by atoms with Crippen molar-refractivity contribution in [3.63, 3.8) is 0 Å². The van der Waals surface area contributed by atoms with Crippen molar-refractivity contribution in [3.05, 3.63) is 71.5 Å². The van der Waals surface area contributed by atoms with E-state index in [1.54, 1.807) is 12.1 Å². The van der Waals surface area contributed by atoms with Crippen LogP contribution in [-0.2, 0) is 6.54 Å². The van der Waals surface area contributed by atoms with E-state index in [-0.39, 0.29) is 11.9 Å². The molecule has 1 saturated carbocycles. The molecule has 2 unspecified atom stereocenters. The Kier molecular flexibility index (Phi) is 6.40. The van der Waals surface area contributed by atoms with Crippen LogP contribution in [0.3, 0.4) is 0 Å². The second kappa shape index (κ2) is 9.40. The Hall–Kier alpha value is -1.75. The third-order valence-corrected chi connectivity index (χ3v) is 8.07. The minimum Gasteiger partial charge on any atom is -0.391 e. The summed E-state index contributed by atoms with van der Waals surface area (Å²) in [4.78, 5) is 5.13. The molecule has 2 aliphatic heterocycles.